The molecule has 0 spiro atoms. The van der Waals surface area contributed by atoms with Crippen LogP contribution in [0.15, 0.2) is 71.9 Å². The van der Waals surface area contributed by atoms with E-state index in [1.807, 2.05) is 12.1 Å². The molecule has 0 aliphatic carbocycles. The summed E-state index contributed by atoms with van der Waals surface area (Å²) in [4.78, 5) is 29.3. The highest BCUT2D eigenvalue weighted by molar-refractivity contribution is 5.95. The van der Waals surface area contributed by atoms with Crippen LogP contribution in [-0.2, 0) is 10.3 Å². The van der Waals surface area contributed by atoms with E-state index in [0.29, 0.717) is 11.5 Å². The molecule has 36 heavy (non-hydrogen) atoms. The van der Waals surface area contributed by atoms with E-state index in [-0.39, 0.29) is 35.5 Å². The Morgan fingerprint density at radius 1 is 0.917 bits per heavy atom. The van der Waals surface area contributed by atoms with Gasteiger partial charge in [0.1, 0.15) is 29.4 Å². The Kier molecular flexibility index (Phi) is 8.67. The molecule has 0 aromatic heterocycles. The number of methoxy groups -OCH3 is 1. The lowest BCUT2D eigenvalue weighted by Crippen LogP contribution is -2.12. The van der Waals surface area contributed by atoms with Crippen LogP contribution in [0.2, 0.25) is 0 Å². The minimum atomic E-state index is -1.23. The summed E-state index contributed by atoms with van der Waals surface area (Å²) in [6, 6.07) is 18.5. The fourth-order valence-corrected chi connectivity index (χ4v) is 3.16. The van der Waals surface area contributed by atoms with Crippen molar-refractivity contribution in [1.29, 1.82) is 0 Å². The fraction of sp³-hybridized carbons (Fsp3) is 0.250. The van der Waals surface area contributed by atoms with Crippen molar-refractivity contribution >= 4 is 18.2 Å². The van der Waals surface area contributed by atoms with Gasteiger partial charge in [0.15, 0.2) is 6.61 Å². The second-order valence-electron chi connectivity index (χ2n) is 8.87. The molecule has 0 unspecified atom stereocenters. The second-order valence-corrected chi connectivity index (χ2v) is 8.87. The molecule has 1 N–H and O–H groups in total. The summed E-state index contributed by atoms with van der Waals surface area (Å²) in [7, 11) is 1.51. The Morgan fingerprint density at radius 3 is 2.19 bits per heavy atom. The van der Waals surface area contributed by atoms with Crippen molar-refractivity contribution in [2.75, 3.05) is 20.3 Å². The van der Waals surface area contributed by atoms with Crippen LogP contribution in [0.25, 0.3) is 0 Å². The minimum Gasteiger partial charge on any atom is -0.497 e. The third-order valence-corrected chi connectivity index (χ3v) is 5.21. The first-order chi connectivity index (χ1) is 17.2. The Morgan fingerprint density at radius 2 is 1.58 bits per heavy atom. The third-order valence-electron chi connectivity index (χ3n) is 5.21. The molecule has 0 aliphatic heterocycles. The molecule has 0 heterocycles. The van der Waals surface area contributed by atoms with E-state index >= 15 is 0 Å². The summed E-state index contributed by atoms with van der Waals surface area (Å²) in [5.41, 5.74) is 2.31. The zero-order valence-corrected chi connectivity index (χ0v) is 20.7. The van der Waals surface area contributed by atoms with Crippen LogP contribution < -0.4 is 14.2 Å². The summed E-state index contributed by atoms with van der Waals surface area (Å²) in [5.74, 6) is -1.16. The Balaban J connectivity index is 1.55. The normalized spacial score (nSPS) is 11.2. The summed E-state index contributed by atoms with van der Waals surface area (Å²) < 4.78 is 16.0. The minimum absolute atomic E-state index is 0.0834. The van der Waals surface area contributed by atoms with Gasteiger partial charge in [0.05, 0.1) is 18.9 Å². The van der Waals surface area contributed by atoms with E-state index in [4.69, 9.17) is 19.0 Å². The van der Waals surface area contributed by atoms with Gasteiger partial charge in [0, 0.05) is 6.07 Å². The number of aromatic carboxylic acids is 1. The number of hydrogen-bond acceptors (Lipinski definition) is 7. The maximum atomic E-state index is 12.5. The predicted molar refractivity (Wildman–Crippen MR) is 136 cm³/mol. The molecule has 0 amide bonds. The van der Waals surface area contributed by atoms with Gasteiger partial charge in [-0.25, -0.2) is 9.59 Å². The van der Waals surface area contributed by atoms with Gasteiger partial charge in [-0.3, -0.25) is 0 Å². The molecule has 3 aromatic carbocycles. The van der Waals surface area contributed by atoms with E-state index in [9.17, 15) is 14.7 Å². The van der Waals surface area contributed by atoms with Crippen LogP contribution in [0.3, 0.4) is 0 Å². The zero-order chi connectivity index (χ0) is 26.1. The van der Waals surface area contributed by atoms with E-state index in [1.165, 1.54) is 43.0 Å². The number of carboxylic acids is 1. The molecule has 0 bridgehead atoms. The molecule has 0 saturated carbocycles. The van der Waals surface area contributed by atoms with Crippen LogP contribution in [0.5, 0.6) is 17.2 Å². The highest BCUT2D eigenvalue weighted by atomic mass is 16.6. The summed E-state index contributed by atoms with van der Waals surface area (Å²) in [5, 5.41) is 13.4. The summed E-state index contributed by atoms with van der Waals surface area (Å²) in [6.45, 7) is 6.78. The number of ether oxygens (including phenoxy) is 3. The molecule has 3 aromatic rings. The van der Waals surface area contributed by atoms with Gasteiger partial charge in [-0.15, -0.1) is 0 Å². The van der Waals surface area contributed by atoms with E-state index in [0.717, 1.165) is 5.56 Å². The fourth-order valence-electron chi connectivity index (χ4n) is 3.16. The van der Waals surface area contributed by atoms with Crippen LogP contribution >= 0.6 is 0 Å². The van der Waals surface area contributed by atoms with Gasteiger partial charge >= 0.3 is 11.9 Å². The maximum Gasteiger partial charge on any atom is 0.343 e. The highest BCUT2D eigenvalue weighted by Gasteiger charge is 2.17. The Bertz CT molecular complexity index is 1210. The van der Waals surface area contributed by atoms with Crippen molar-refractivity contribution in [3.8, 4) is 17.2 Å². The largest absolute Gasteiger partial charge is 0.497 e. The SMILES string of the molecule is COc1ccc(C(=O)Oc2cc(OCCON=Cc3ccc(C(C)(C)C)cc3)ccc2C(=O)O)cc1. The Labute approximate surface area is 210 Å². The van der Waals surface area contributed by atoms with Crippen molar-refractivity contribution in [2.24, 2.45) is 5.16 Å². The first kappa shape index (κ1) is 26.3. The van der Waals surface area contributed by atoms with Gasteiger partial charge in [0.2, 0.25) is 0 Å². The van der Waals surface area contributed by atoms with Crippen LogP contribution in [-0.4, -0.2) is 43.6 Å². The van der Waals surface area contributed by atoms with Crippen molar-refractivity contribution < 1.29 is 33.7 Å². The quantitative estimate of drug-likeness (QED) is 0.134. The Hall–Kier alpha value is -4.33. The average Bonchev–Trinajstić information content (AvgIpc) is 2.86. The molecule has 8 nitrogen and oxygen atoms in total. The number of carboxylic acid groups (broad SMARTS) is 1. The molecule has 8 heteroatoms. The number of rotatable bonds is 10. The van der Waals surface area contributed by atoms with Crippen LogP contribution in [0.4, 0.5) is 0 Å². The van der Waals surface area contributed by atoms with E-state index in [2.05, 4.69) is 38.1 Å². The number of hydrogen-bond donors (Lipinski definition) is 1. The molecule has 0 atom stereocenters. The number of carbonyl (C=O) groups is 2. The highest BCUT2D eigenvalue weighted by Crippen LogP contribution is 2.26. The van der Waals surface area contributed by atoms with Crippen molar-refractivity contribution in [1.82, 2.24) is 0 Å². The lowest BCUT2D eigenvalue weighted by Gasteiger charge is -2.18. The smallest absolute Gasteiger partial charge is 0.343 e. The van der Waals surface area contributed by atoms with E-state index in [1.54, 1.807) is 18.3 Å². The first-order valence-corrected chi connectivity index (χ1v) is 11.3. The second kappa shape index (κ2) is 11.9. The molecule has 0 aliphatic rings. The van der Waals surface area contributed by atoms with Crippen molar-refractivity contribution in [2.45, 2.75) is 26.2 Å². The lowest BCUT2D eigenvalue weighted by atomic mass is 9.87. The van der Waals surface area contributed by atoms with Gasteiger partial charge in [-0.05, 0) is 52.9 Å². The molecule has 0 saturated heterocycles. The lowest BCUT2D eigenvalue weighted by molar-refractivity contribution is 0.0680. The van der Waals surface area contributed by atoms with Gasteiger partial charge < -0.3 is 24.2 Å². The van der Waals surface area contributed by atoms with Gasteiger partial charge in [-0.2, -0.15) is 0 Å². The molecule has 0 fully saturated rings. The van der Waals surface area contributed by atoms with E-state index < -0.39 is 11.9 Å². The monoisotopic (exact) mass is 491 g/mol. The predicted octanol–water partition coefficient (Wildman–Crippen LogP) is 5.34. The van der Waals surface area contributed by atoms with Crippen molar-refractivity contribution in [3.63, 3.8) is 0 Å². The zero-order valence-electron chi connectivity index (χ0n) is 20.7. The first-order valence-electron chi connectivity index (χ1n) is 11.3. The topological polar surface area (TPSA) is 104 Å². The number of oxime groups is 1. The number of nitrogens with zero attached hydrogens (tertiary/aromatic N) is 1. The number of carbonyl (C=O) groups excluding carboxylic acids is 1. The number of esters is 1. The summed E-state index contributed by atoms with van der Waals surface area (Å²) in [6.07, 6.45) is 1.62. The van der Waals surface area contributed by atoms with Crippen LogP contribution in [0, 0.1) is 0 Å². The number of benzene rings is 3. The summed E-state index contributed by atoms with van der Waals surface area (Å²) >= 11 is 0. The molecule has 3 rings (SSSR count). The van der Waals surface area contributed by atoms with Gasteiger partial charge in [-0.1, -0.05) is 50.2 Å². The molecular formula is C28H29NO7. The van der Waals surface area contributed by atoms with Crippen molar-refractivity contribution in [3.05, 3.63) is 89.0 Å². The third kappa shape index (κ3) is 7.33. The molecular weight excluding hydrogens is 462 g/mol. The standard InChI is InChI=1S/C28H29NO7/c1-28(2,3)21-9-5-19(6-10-21)18-29-35-16-15-34-23-13-14-24(26(30)31)25(17-23)36-27(32)20-7-11-22(33-4)12-8-20/h5-14,17-18H,15-16H2,1-4H3,(H,30,31). The van der Waals surface area contributed by atoms with Crippen LogP contribution in [0.1, 0.15) is 52.6 Å². The van der Waals surface area contributed by atoms with Gasteiger partial charge in [0.25, 0.3) is 0 Å². The molecule has 0 radical (unpaired) electrons. The molecule has 188 valence electrons. The average molecular weight is 492 g/mol. The maximum absolute atomic E-state index is 12.5.